The summed E-state index contributed by atoms with van der Waals surface area (Å²) in [6.45, 7) is 4.48. The summed E-state index contributed by atoms with van der Waals surface area (Å²) >= 11 is 0. The van der Waals surface area contributed by atoms with Crippen LogP contribution >= 0.6 is 0 Å². The molecule has 0 saturated heterocycles. The molecule has 0 fully saturated rings. The number of unbranched alkanes of at least 4 members (excludes halogenated alkanes) is 12. The van der Waals surface area contributed by atoms with Gasteiger partial charge in [0.05, 0.1) is 0 Å². The summed E-state index contributed by atoms with van der Waals surface area (Å²) in [6.07, 6.45) is 19.6. The Labute approximate surface area is 196 Å². The number of aryl methyl sites for hydroxylation is 2. The molecule has 0 saturated carbocycles. The Bertz CT molecular complexity index is 878. The first-order valence-corrected chi connectivity index (χ1v) is 14.4. The maximum Gasteiger partial charge on any atom is 0.295 e. The highest BCUT2D eigenvalue weighted by Gasteiger charge is 2.17. The van der Waals surface area contributed by atoms with E-state index in [4.69, 9.17) is 0 Å². The number of fused-ring (bicyclic) bond motifs is 1. The van der Waals surface area contributed by atoms with Crippen LogP contribution in [0.25, 0.3) is 10.8 Å². The standard InChI is InChI=1S/C28H44O3S/c1-3-5-7-9-11-13-15-18-24-20-17-21-26-27(32(29,30)31)23-22-25(28(24)26)19-16-14-12-10-8-6-4-2/h17,20-23H,3-16,18-19H2,1-2H3,(H,29,30,31). The number of rotatable bonds is 17. The maximum atomic E-state index is 12.0. The molecule has 0 atom stereocenters. The van der Waals surface area contributed by atoms with Crippen LogP contribution in [0.4, 0.5) is 0 Å². The molecule has 0 amide bonds. The normalized spacial score (nSPS) is 12.0. The van der Waals surface area contributed by atoms with Gasteiger partial charge in [-0.2, -0.15) is 8.42 Å². The molecule has 4 heteroatoms. The molecular weight excluding hydrogens is 416 g/mol. The van der Waals surface area contributed by atoms with Gasteiger partial charge in [-0.15, -0.1) is 0 Å². The Morgan fingerprint density at radius 2 is 1.09 bits per heavy atom. The smallest absolute Gasteiger partial charge is 0.282 e. The highest BCUT2D eigenvalue weighted by molar-refractivity contribution is 7.86. The van der Waals surface area contributed by atoms with Crippen LogP contribution in [-0.4, -0.2) is 13.0 Å². The number of hydrogen-bond donors (Lipinski definition) is 1. The van der Waals surface area contributed by atoms with Gasteiger partial charge in [0.1, 0.15) is 4.90 Å². The molecule has 2 rings (SSSR count). The van der Waals surface area contributed by atoms with E-state index in [9.17, 15) is 13.0 Å². The van der Waals surface area contributed by atoms with Gasteiger partial charge in [0.2, 0.25) is 0 Å². The van der Waals surface area contributed by atoms with E-state index in [1.165, 1.54) is 88.2 Å². The minimum atomic E-state index is -4.24. The second-order valence-electron chi connectivity index (χ2n) is 9.28. The Morgan fingerprint density at radius 3 is 1.59 bits per heavy atom. The van der Waals surface area contributed by atoms with Crippen LogP contribution in [0.3, 0.4) is 0 Å². The number of benzene rings is 2. The molecule has 3 nitrogen and oxygen atoms in total. The lowest BCUT2D eigenvalue weighted by atomic mass is 9.93. The Hall–Kier alpha value is -1.39. The summed E-state index contributed by atoms with van der Waals surface area (Å²) in [6, 6.07) is 9.44. The molecule has 0 aromatic heterocycles. The largest absolute Gasteiger partial charge is 0.295 e. The topological polar surface area (TPSA) is 54.4 Å². The van der Waals surface area contributed by atoms with Crippen molar-refractivity contribution in [2.45, 2.75) is 121 Å². The fraction of sp³-hybridized carbons (Fsp3) is 0.643. The van der Waals surface area contributed by atoms with E-state index < -0.39 is 10.1 Å². The van der Waals surface area contributed by atoms with Crippen molar-refractivity contribution in [2.24, 2.45) is 0 Å². The van der Waals surface area contributed by atoms with Crippen molar-refractivity contribution in [1.29, 1.82) is 0 Å². The molecule has 0 spiro atoms. The molecule has 32 heavy (non-hydrogen) atoms. The molecule has 0 aliphatic carbocycles. The second-order valence-corrected chi connectivity index (χ2v) is 10.7. The van der Waals surface area contributed by atoms with E-state index in [2.05, 4.69) is 19.9 Å². The molecule has 2 aromatic carbocycles. The van der Waals surface area contributed by atoms with Gasteiger partial charge in [0.15, 0.2) is 0 Å². The highest BCUT2D eigenvalue weighted by Crippen LogP contribution is 2.31. The third-order valence-corrected chi connectivity index (χ3v) is 7.46. The van der Waals surface area contributed by atoms with Gasteiger partial charge >= 0.3 is 0 Å². The lowest BCUT2D eigenvalue weighted by Crippen LogP contribution is -2.02. The molecule has 0 heterocycles. The van der Waals surface area contributed by atoms with Crippen LogP contribution in [0.15, 0.2) is 35.2 Å². The molecule has 0 radical (unpaired) electrons. The third kappa shape index (κ3) is 8.86. The molecule has 1 N–H and O–H groups in total. The van der Waals surface area contributed by atoms with Crippen LogP contribution in [0.2, 0.25) is 0 Å². The summed E-state index contributed by atoms with van der Waals surface area (Å²) in [5.41, 5.74) is 2.44. The van der Waals surface area contributed by atoms with Crippen molar-refractivity contribution in [2.75, 3.05) is 0 Å². The van der Waals surface area contributed by atoms with Gasteiger partial charge in [0, 0.05) is 5.39 Å². The molecule has 180 valence electrons. The van der Waals surface area contributed by atoms with Crippen molar-refractivity contribution < 1.29 is 13.0 Å². The van der Waals surface area contributed by atoms with Gasteiger partial charge in [0.25, 0.3) is 10.1 Å². The Morgan fingerprint density at radius 1 is 0.625 bits per heavy atom. The zero-order valence-electron chi connectivity index (χ0n) is 20.4. The number of hydrogen-bond acceptors (Lipinski definition) is 2. The van der Waals surface area contributed by atoms with Gasteiger partial charge in [-0.3, -0.25) is 4.55 Å². The Balaban J connectivity index is 2.11. The minimum Gasteiger partial charge on any atom is -0.282 e. The fourth-order valence-electron chi connectivity index (χ4n) is 4.72. The average Bonchev–Trinajstić information content (AvgIpc) is 2.77. The lowest BCUT2D eigenvalue weighted by Gasteiger charge is -2.14. The summed E-state index contributed by atoms with van der Waals surface area (Å²) in [5, 5.41) is 1.73. The van der Waals surface area contributed by atoms with E-state index in [0.717, 1.165) is 31.1 Å². The van der Waals surface area contributed by atoms with E-state index >= 15 is 0 Å². The van der Waals surface area contributed by atoms with E-state index in [0.29, 0.717) is 5.39 Å². The van der Waals surface area contributed by atoms with Gasteiger partial charge in [-0.05, 0) is 48.3 Å². The summed E-state index contributed by atoms with van der Waals surface area (Å²) in [5.74, 6) is 0. The maximum absolute atomic E-state index is 12.0. The van der Waals surface area contributed by atoms with Crippen LogP contribution < -0.4 is 0 Å². The van der Waals surface area contributed by atoms with E-state index in [-0.39, 0.29) is 4.90 Å². The summed E-state index contributed by atoms with van der Waals surface area (Å²) < 4.78 is 33.8. The van der Waals surface area contributed by atoms with Gasteiger partial charge < -0.3 is 0 Å². The first kappa shape index (κ1) is 26.9. The molecule has 0 aliphatic heterocycles. The molecule has 0 bridgehead atoms. The molecule has 2 aromatic rings. The third-order valence-electron chi connectivity index (χ3n) is 6.55. The van der Waals surface area contributed by atoms with Crippen molar-refractivity contribution in [1.82, 2.24) is 0 Å². The average molecular weight is 461 g/mol. The zero-order chi connectivity index (χ0) is 23.2. The molecule has 0 aliphatic rings. The van der Waals surface area contributed by atoms with Crippen LogP contribution in [0.1, 0.15) is 115 Å². The SMILES string of the molecule is CCCCCCCCCc1cccc2c(S(=O)(=O)O)ccc(CCCCCCCCC)c12. The monoisotopic (exact) mass is 460 g/mol. The second kappa shape index (κ2) is 14.7. The van der Waals surface area contributed by atoms with Crippen molar-refractivity contribution in [3.8, 4) is 0 Å². The van der Waals surface area contributed by atoms with Crippen molar-refractivity contribution in [3.63, 3.8) is 0 Å². The van der Waals surface area contributed by atoms with Gasteiger partial charge in [-0.25, -0.2) is 0 Å². The summed E-state index contributed by atoms with van der Waals surface area (Å²) in [4.78, 5) is 0.0391. The zero-order valence-corrected chi connectivity index (χ0v) is 21.2. The fourth-order valence-corrected chi connectivity index (χ4v) is 5.41. The van der Waals surface area contributed by atoms with E-state index in [1.54, 1.807) is 6.07 Å². The van der Waals surface area contributed by atoms with Crippen LogP contribution in [-0.2, 0) is 23.0 Å². The predicted octanol–water partition coefficient (Wildman–Crippen LogP) is 8.67. The Kier molecular flexibility index (Phi) is 12.3. The lowest BCUT2D eigenvalue weighted by molar-refractivity contribution is 0.484. The van der Waals surface area contributed by atoms with Gasteiger partial charge in [-0.1, -0.05) is 115 Å². The molecular formula is C28H44O3S. The van der Waals surface area contributed by atoms with Crippen LogP contribution in [0.5, 0.6) is 0 Å². The van der Waals surface area contributed by atoms with Crippen molar-refractivity contribution in [3.05, 3.63) is 41.5 Å². The highest BCUT2D eigenvalue weighted by atomic mass is 32.2. The first-order valence-electron chi connectivity index (χ1n) is 13.0. The molecule has 0 unspecified atom stereocenters. The minimum absolute atomic E-state index is 0.0391. The predicted molar refractivity (Wildman–Crippen MR) is 137 cm³/mol. The van der Waals surface area contributed by atoms with E-state index in [1.807, 2.05) is 18.2 Å². The quantitative estimate of drug-likeness (QED) is 0.190. The van der Waals surface area contributed by atoms with Crippen LogP contribution in [0, 0.1) is 0 Å². The summed E-state index contributed by atoms with van der Waals surface area (Å²) in [7, 11) is -4.24. The first-order chi connectivity index (χ1) is 15.5. The van der Waals surface area contributed by atoms with Crippen molar-refractivity contribution >= 4 is 20.9 Å².